The van der Waals surface area contributed by atoms with Gasteiger partial charge in [0.05, 0.1) is 6.61 Å². The standard InChI is InChI=1S/C14H21NO3S/c1-10-4-6-14(9-16,7-5-10)15-8-11-2-3-12(19-11)13(17)18/h2-3,10,15-16H,4-9H2,1H3,(H,17,18). The summed E-state index contributed by atoms with van der Waals surface area (Å²) >= 11 is 1.30. The van der Waals surface area contributed by atoms with E-state index in [1.54, 1.807) is 6.07 Å². The molecule has 106 valence electrons. The maximum absolute atomic E-state index is 10.8. The van der Waals surface area contributed by atoms with Gasteiger partial charge in [-0.2, -0.15) is 0 Å². The molecule has 5 heteroatoms. The van der Waals surface area contributed by atoms with Crippen molar-refractivity contribution in [3.63, 3.8) is 0 Å². The normalized spacial score (nSPS) is 27.4. The van der Waals surface area contributed by atoms with Gasteiger partial charge in [-0.15, -0.1) is 11.3 Å². The van der Waals surface area contributed by atoms with Crippen LogP contribution in [0.4, 0.5) is 0 Å². The third-order valence-electron chi connectivity index (χ3n) is 4.04. The van der Waals surface area contributed by atoms with Crippen molar-refractivity contribution in [2.24, 2.45) is 5.92 Å². The predicted molar refractivity (Wildman–Crippen MR) is 75.6 cm³/mol. The maximum Gasteiger partial charge on any atom is 0.345 e. The molecular weight excluding hydrogens is 262 g/mol. The minimum atomic E-state index is -0.875. The molecule has 0 radical (unpaired) electrons. The Balaban J connectivity index is 1.93. The molecule has 2 rings (SSSR count). The Bertz CT molecular complexity index is 436. The van der Waals surface area contributed by atoms with E-state index in [1.807, 2.05) is 6.07 Å². The fourth-order valence-electron chi connectivity index (χ4n) is 2.57. The molecule has 0 atom stereocenters. The van der Waals surface area contributed by atoms with E-state index in [0.29, 0.717) is 11.4 Å². The summed E-state index contributed by atoms with van der Waals surface area (Å²) in [5.41, 5.74) is -0.181. The van der Waals surface area contributed by atoms with Gasteiger partial charge in [0.25, 0.3) is 0 Å². The first-order chi connectivity index (χ1) is 9.04. The molecule has 1 aromatic heterocycles. The lowest BCUT2D eigenvalue weighted by Gasteiger charge is -2.39. The number of hydrogen-bond donors (Lipinski definition) is 3. The molecule has 1 heterocycles. The van der Waals surface area contributed by atoms with E-state index in [0.717, 1.165) is 36.5 Å². The smallest absolute Gasteiger partial charge is 0.345 e. The van der Waals surface area contributed by atoms with Gasteiger partial charge < -0.3 is 15.5 Å². The number of nitrogens with one attached hydrogen (secondary N) is 1. The van der Waals surface area contributed by atoms with Crippen LogP contribution in [0.1, 0.15) is 47.2 Å². The Labute approximate surface area is 117 Å². The highest BCUT2D eigenvalue weighted by Crippen LogP contribution is 2.32. The quantitative estimate of drug-likeness (QED) is 0.776. The van der Waals surface area contributed by atoms with Crippen molar-refractivity contribution in [2.75, 3.05) is 6.61 Å². The van der Waals surface area contributed by atoms with E-state index >= 15 is 0 Å². The van der Waals surface area contributed by atoms with Crippen LogP contribution in [0.5, 0.6) is 0 Å². The minimum absolute atomic E-state index is 0.150. The fourth-order valence-corrected chi connectivity index (χ4v) is 3.35. The summed E-state index contributed by atoms with van der Waals surface area (Å²) in [7, 11) is 0. The lowest BCUT2D eigenvalue weighted by atomic mass is 9.77. The van der Waals surface area contributed by atoms with Crippen LogP contribution in [-0.2, 0) is 6.54 Å². The zero-order valence-electron chi connectivity index (χ0n) is 11.2. The van der Waals surface area contributed by atoms with Crippen molar-refractivity contribution in [3.05, 3.63) is 21.9 Å². The number of carboxylic acid groups (broad SMARTS) is 1. The third kappa shape index (κ3) is 3.55. The summed E-state index contributed by atoms with van der Waals surface area (Å²) in [5.74, 6) is -0.138. The molecule has 1 fully saturated rings. The number of carbonyl (C=O) groups is 1. The van der Waals surface area contributed by atoms with Crippen LogP contribution >= 0.6 is 11.3 Å². The molecule has 0 aliphatic heterocycles. The average Bonchev–Trinajstić information content (AvgIpc) is 2.88. The summed E-state index contributed by atoms with van der Waals surface area (Å²) in [5, 5.41) is 22.0. The molecule has 1 aromatic rings. The molecular formula is C14H21NO3S. The zero-order chi connectivity index (χ0) is 13.9. The minimum Gasteiger partial charge on any atom is -0.477 e. The number of aliphatic hydroxyl groups excluding tert-OH is 1. The first kappa shape index (κ1) is 14.5. The van der Waals surface area contributed by atoms with Gasteiger partial charge in [-0.05, 0) is 43.7 Å². The zero-order valence-corrected chi connectivity index (χ0v) is 12.0. The van der Waals surface area contributed by atoms with E-state index in [4.69, 9.17) is 5.11 Å². The first-order valence-corrected chi connectivity index (χ1v) is 7.54. The number of hydrogen-bond acceptors (Lipinski definition) is 4. The van der Waals surface area contributed by atoms with Gasteiger partial charge in [0.2, 0.25) is 0 Å². The second kappa shape index (κ2) is 6.03. The number of aromatic carboxylic acids is 1. The van der Waals surface area contributed by atoms with E-state index in [9.17, 15) is 9.90 Å². The maximum atomic E-state index is 10.8. The summed E-state index contributed by atoms with van der Waals surface area (Å²) < 4.78 is 0. The van der Waals surface area contributed by atoms with Crippen molar-refractivity contribution in [1.29, 1.82) is 0 Å². The molecule has 0 bridgehead atoms. The molecule has 0 saturated heterocycles. The van der Waals surface area contributed by atoms with Crippen LogP contribution < -0.4 is 5.32 Å². The summed E-state index contributed by atoms with van der Waals surface area (Å²) in [4.78, 5) is 12.2. The van der Waals surface area contributed by atoms with Crippen LogP contribution in [-0.4, -0.2) is 28.3 Å². The molecule has 3 N–H and O–H groups in total. The van der Waals surface area contributed by atoms with E-state index in [1.165, 1.54) is 11.3 Å². The van der Waals surface area contributed by atoms with Crippen molar-refractivity contribution in [2.45, 2.75) is 44.7 Å². The van der Waals surface area contributed by atoms with E-state index in [2.05, 4.69) is 12.2 Å². The fraction of sp³-hybridized carbons (Fsp3) is 0.643. The molecule has 4 nitrogen and oxygen atoms in total. The van der Waals surface area contributed by atoms with Gasteiger partial charge in [0, 0.05) is 17.0 Å². The lowest BCUT2D eigenvalue weighted by molar-refractivity contribution is 0.0702. The molecule has 19 heavy (non-hydrogen) atoms. The molecule has 1 aliphatic rings. The highest BCUT2D eigenvalue weighted by molar-refractivity contribution is 7.13. The van der Waals surface area contributed by atoms with Crippen LogP contribution in [0.3, 0.4) is 0 Å². The summed E-state index contributed by atoms with van der Waals surface area (Å²) in [6.45, 7) is 3.03. The van der Waals surface area contributed by atoms with Gasteiger partial charge in [0.15, 0.2) is 0 Å². The van der Waals surface area contributed by atoms with Crippen molar-refractivity contribution in [1.82, 2.24) is 5.32 Å². The summed E-state index contributed by atoms with van der Waals surface area (Å²) in [6.07, 6.45) is 4.25. The molecule has 0 unspecified atom stereocenters. The molecule has 0 amide bonds. The van der Waals surface area contributed by atoms with Gasteiger partial charge in [-0.3, -0.25) is 0 Å². The average molecular weight is 283 g/mol. The monoisotopic (exact) mass is 283 g/mol. The lowest BCUT2D eigenvalue weighted by Crippen LogP contribution is -2.50. The molecule has 0 aromatic carbocycles. The Morgan fingerprint density at radius 1 is 1.47 bits per heavy atom. The molecule has 1 saturated carbocycles. The van der Waals surface area contributed by atoms with Gasteiger partial charge >= 0.3 is 5.97 Å². The van der Waals surface area contributed by atoms with Crippen LogP contribution in [0, 0.1) is 5.92 Å². The van der Waals surface area contributed by atoms with Crippen LogP contribution in [0.2, 0.25) is 0 Å². The number of carboxylic acids is 1. The highest BCUT2D eigenvalue weighted by Gasteiger charge is 2.33. The topological polar surface area (TPSA) is 69.6 Å². The van der Waals surface area contributed by atoms with E-state index in [-0.39, 0.29) is 12.1 Å². The van der Waals surface area contributed by atoms with Crippen molar-refractivity contribution < 1.29 is 15.0 Å². The van der Waals surface area contributed by atoms with E-state index < -0.39 is 5.97 Å². The predicted octanol–water partition coefficient (Wildman–Crippen LogP) is 2.48. The first-order valence-electron chi connectivity index (χ1n) is 6.72. The Kier molecular flexibility index (Phi) is 4.60. The highest BCUT2D eigenvalue weighted by atomic mass is 32.1. The van der Waals surface area contributed by atoms with Gasteiger partial charge in [0.1, 0.15) is 4.88 Å². The second-order valence-corrected chi connectivity index (χ2v) is 6.71. The molecule has 1 aliphatic carbocycles. The van der Waals surface area contributed by atoms with Crippen LogP contribution in [0.25, 0.3) is 0 Å². The number of thiophene rings is 1. The van der Waals surface area contributed by atoms with Gasteiger partial charge in [-0.1, -0.05) is 6.92 Å². The van der Waals surface area contributed by atoms with Crippen molar-refractivity contribution in [3.8, 4) is 0 Å². The summed E-state index contributed by atoms with van der Waals surface area (Å²) in [6, 6.07) is 3.48. The largest absolute Gasteiger partial charge is 0.477 e. The Morgan fingerprint density at radius 3 is 2.68 bits per heavy atom. The number of rotatable bonds is 5. The second-order valence-electron chi connectivity index (χ2n) is 5.55. The Morgan fingerprint density at radius 2 is 2.16 bits per heavy atom. The van der Waals surface area contributed by atoms with Crippen LogP contribution in [0.15, 0.2) is 12.1 Å². The number of aliphatic hydroxyl groups is 1. The Hall–Kier alpha value is -0.910. The third-order valence-corrected chi connectivity index (χ3v) is 5.12. The van der Waals surface area contributed by atoms with Gasteiger partial charge in [-0.25, -0.2) is 4.79 Å². The van der Waals surface area contributed by atoms with Crippen molar-refractivity contribution >= 4 is 17.3 Å². The molecule has 0 spiro atoms. The SMILES string of the molecule is CC1CCC(CO)(NCc2ccc(C(=O)O)s2)CC1.